The van der Waals surface area contributed by atoms with Crippen LogP contribution in [0.5, 0.6) is 0 Å². The van der Waals surface area contributed by atoms with Gasteiger partial charge in [-0.2, -0.15) is 0 Å². The van der Waals surface area contributed by atoms with Crippen molar-refractivity contribution in [1.29, 1.82) is 0 Å². The second-order valence-electron chi connectivity index (χ2n) is 5.61. The zero-order valence-corrected chi connectivity index (χ0v) is 16.8. The highest BCUT2D eigenvalue weighted by atomic mass is 79.9. The Hall–Kier alpha value is -1.54. The van der Waals surface area contributed by atoms with E-state index in [1.807, 2.05) is 17.5 Å². The van der Waals surface area contributed by atoms with E-state index >= 15 is 0 Å². The van der Waals surface area contributed by atoms with Crippen molar-refractivity contribution in [1.82, 2.24) is 9.71 Å². The first-order valence-corrected chi connectivity index (χ1v) is 10.9. The van der Waals surface area contributed by atoms with Gasteiger partial charge in [-0.1, -0.05) is 45.8 Å². The van der Waals surface area contributed by atoms with Gasteiger partial charge in [0.05, 0.1) is 10.6 Å². The highest BCUT2D eigenvalue weighted by Gasteiger charge is 2.13. The normalized spacial score (nSPS) is 11.6. The molecule has 0 aliphatic heterocycles. The van der Waals surface area contributed by atoms with Crippen LogP contribution >= 0.6 is 27.3 Å². The van der Waals surface area contributed by atoms with Crippen molar-refractivity contribution >= 4 is 37.3 Å². The fraction of sp³-hybridized carbons (Fsp3) is 0.167. The van der Waals surface area contributed by atoms with Gasteiger partial charge >= 0.3 is 0 Å². The van der Waals surface area contributed by atoms with Crippen LogP contribution in [-0.2, 0) is 16.4 Å². The Morgan fingerprint density at radius 1 is 1.08 bits per heavy atom. The van der Waals surface area contributed by atoms with E-state index in [9.17, 15) is 8.42 Å². The lowest BCUT2D eigenvalue weighted by Crippen LogP contribution is -2.26. The molecule has 3 aromatic rings. The third-order valence-electron chi connectivity index (χ3n) is 3.65. The topological polar surface area (TPSA) is 59.1 Å². The smallest absolute Gasteiger partial charge is 0.240 e. The van der Waals surface area contributed by atoms with Gasteiger partial charge in [0.15, 0.2) is 0 Å². The van der Waals surface area contributed by atoms with Crippen LogP contribution in [0, 0.1) is 6.92 Å². The standard InChI is InChI=1S/C18H17BrN2O2S2/c1-13-2-4-14(5-3-13)18-21-16(12-24-18)10-11-20-25(22,23)17-8-6-15(19)7-9-17/h2-9,12,20H,10-11H2,1H3. The largest absolute Gasteiger partial charge is 0.241 e. The van der Waals surface area contributed by atoms with Gasteiger partial charge in [0, 0.05) is 28.4 Å². The Morgan fingerprint density at radius 2 is 1.76 bits per heavy atom. The summed E-state index contributed by atoms with van der Waals surface area (Å²) in [5.41, 5.74) is 3.18. The molecule has 25 heavy (non-hydrogen) atoms. The van der Waals surface area contributed by atoms with Crippen molar-refractivity contribution < 1.29 is 8.42 Å². The fourth-order valence-electron chi connectivity index (χ4n) is 2.26. The highest BCUT2D eigenvalue weighted by molar-refractivity contribution is 9.10. The van der Waals surface area contributed by atoms with E-state index in [4.69, 9.17) is 0 Å². The number of sulfonamides is 1. The molecule has 130 valence electrons. The zero-order valence-electron chi connectivity index (χ0n) is 13.6. The van der Waals surface area contributed by atoms with Gasteiger partial charge in [0.25, 0.3) is 0 Å². The maximum Gasteiger partial charge on any atom is 0.240 e. The summed E-state index contributed by atoms with van der Waals surface area (Å²) in [4.78, 5) is 4.85. The van der Waals surface area contributed by atoms with Gasteiger partial charge in [-0.05, 0) is 31.2 Å². The Labute approximate surface area is 160 Å². The molecule has 7 heteroatoms. The summed E-state index contributed by atoms with van der Waals surface area (Å²) in [6, 6.07) is 14.8. The van der Waals surface area contributed by atoms with Crippen LogP contribution < -0.4 is 4.72 Å². The minimum Gasteiger partial charge on any atom is -0.241 e. The molecule has 2 aromatic carbocycles. The first-order valence-electron chi connectivity index (χ1n) is 7.71. The number of hydrogen-bond acceptors (Lipinski definition) is 4. The molecule has 0 bridgehead atoms. The van der Waals surface area contributed by atoms with Crippen molar-refractivity contribution in [2.75, 3.05) is 6.54 Å². The van der Waals surface area contributed by atoms with Crippen LogP contribution in [0.4, 0.5) is 0 Å². The van der Waals surface area contributed by atoms with E-state index in [0.29, 0.717) is 13.0 Å². The van der Waals surface area contributed by atoms with Crippen LogP contribution in [-0.4, -0.2) is 19.9 Å². The minimum absolute atomic E-state index is 0.259. The van der Waals surface area contributed by atoms with Crippen LogP contribution in [0.25, 0.3) is 10.6 Å². The predicted molar refractivity (Wildman–Crippen MR) is 105 cm³/mol. The molecule has 1 aromatic heterocycles. The molecule has 0 saturated heterocycles. The molecule has 0 aliphatic carbocycles. The van der Waals surface area contributed by atoms with E-state index < -0.39 is 10.0 Å². The van der Waals surface area contributed by atoms with Crippen molar-refractivity contribution in [3.05, 3.63) is 69.6 Å². The predicted octanol–water partition coefficient (Wildman–Crippen LogP) is 4.40. The number of hydrogen-bond donors (Lipinski definition) is 1. The Balaban J connectivity index is 1.61. The minimum atomic E-state index is -3.49. The maximum absolute atomic E-state index is 12.2. The van der Waals surface area contributed by atoms with Gasteiger partial charge in [0.1, 0.15) is 5.01 Å². The molecule has 3 rings (SSSR count). The van der Waals surface area contributed by atoms with Crippen LogP contribution in [0.3, 0.4) is 0 Å². The Bertz CT molecular complexity index is 950. The lowest BCUT2D eigenvalue weighted by molar-refractivity contribution is 0.581. The molecular weight excluding hydrogens is 420 g/mol. The summed E-state index contributed by atoms with van der Waals surface area (Å²) >= 11 is 4.87. The fourth-order valence-corrected chi connectivity index (χ4v) is 4.42. The third kappa shape index (κ3) is 4.76. The van der Waals surface area contributed by atoms with Crippen molar-refractivity contribution in [3.8, 4) is 10.6 Å². The lowest BCUT2D eigenvalue weighted by atomic mass is 10.2. The number of rotatable bonds is 6. The summed E-state index contributed by atoms with van der Waals surface area (Å²) in [5.74, 6) is 0. The third-order valence-corrected chi connectivity index (χ3v) is 6.59. The molecule has 0 radical (unpaired) electrons. The number of nitrogens with zero attached hydrogens (tertiary/aromatic N) is 1. The number of benzene rings is 2. The molecule has 0 unspecified atom stereocenters. The lowest BCUT2D eigenvalue weighted by Gasteiger charge is -2.06. The number of nitrogens with one attached hydrogen (secondary N) is 1. The van der Waals surface area contributed by atoms with E-state index in [0.717, 1.165) is 20.7 Å². The van der Waals surface area contributed by atoms with Crippen LogP contribution in [0.1, 0.15) is 11.3 Å². The molecule has 0 saturated carbocycles. The first kappa shape index (κ1) is 18.3. The molecular formula is C18H17BrN2O2S2. The summed E-state index contributed by atoms with van der Waals surface area (Å²) < 4.78 is 28.0. The molecule has 0 spiro atoms. The quantitative estimate of drug-likeness (QED) is 0.622. The zero-order chi connectivity index (χ0) is 17.9. The summed E-state index contributed by atoms with van der Waals surface area (Å²) in [6.45, 7) is 2.37. The number of aromatic nitrogens is 1. The SMILES string of the molecule is Cc1ccc(-c2nc(CCNS(=O)(=O)c3ccc(Br)cc3)cs2)cc1. The summed E-state index contributed by atoms with van der Waals surface area (Å²) in [7, 11) is -3.49. The second kappa shape index (κ2) is 7.78. The number of thiazole rings is 1. The second-order valence-corrected chi connectivity index (χ2v) is 9.15. The highest BCUT2D eigenvalue weighted by Crippen LogP contribution is 2.24. The number of halogens is 1. The number of aryl methyl sites for hydroxylation is 1. The Morgan fingerprint density at radius 3 is 2.44 bits per heavy atom. The van der Waals surface area contributed by atoms with Crippen molar-refractivity contribution in [2.45, 2.75) is 18.2 Å². The van der Waals surface area contributed by atoms with E-state index in [2.05, 4.69) is 44.7 Å². The van der Waals surface area contributed by atoms with Crippen LogP contribution in [0.2, 0.25) is 0 Å². The van der Waals surface area contributed by atoms with Crippen molar-refractivity contribution in [2.24, 2.45) is 0 Å². The van der Waals surface area contributed by atoms with E-state index in [1.54, 1.807) is 35.6 Å². The molecule has 1 N–H and O–H groups in total. The maximum atomic E-state index is 12.2. The van der Waals surface area contributed by atoms with E-state index in [1.165, 1.54) is 5.56 Å². The Kier molecular flexibility index (Phi) is 5.68. The average molecular weight is 437 g/mol. The summed E-state index contributed by atoms with van der Waals surface area (Å²) in [5, 5.41) is 2.93. The average Bonchev–Trinajstić information content (AvgIpc) is 3.04. The molecule has 0 atom stereocenters. The molecule has 0 amide bonds. The molecule has 1 heterocycles. The van der Waals surface area contributed by atoms with Crippen molar-refractivity contribution in [3.63, 3.8) is 0 Å². The van der Waals surface area contributed by atoms with Gasteiger partial charge in [-0.25, -0.2) is 18.1 Å². The summed E-state index contributed by atoms with van der Waals surface area (Å²) in [6.07, 6.45) is 0.554. The molecule has 0 aliphatic rings. The van der Waals surface area contributed by atoms with E-state index in [-0.39, 0.29) is 4.90 Å². The van der Waals surface area contributed by atoms with Gasteiger partial charge < -0.3 is 0 Å². The first-order chi connectivity index (χ1) is 11.9. The van der Waals surface area contributed by atoms with Gasteiger partial charge in [0.2, 0.25) is 10.0 Å². The molecule has 4 nitrogen and oxygen atoms in total. The van der Waals surface area contributed by atoms with Gasteiger partial charge in [-0.15, -0.1) is 11.3 Å². The molecule has 0 fully saturated rings. The van der Waals surface area contributed by atoms with Gasteiger partial charge in [-0.3, -0.25) is 0 Å². The van der Waals surface area contributed by atoms with Crippen LogP contribution in [0.15, 0.2) is 63.3 Å². The monoisotopic (exact) mass is 436 g/mol.